The molecule has 0 fully saturated rings. The number of thiazole rings is 1. The number of fused-ring (bicyclic) bond motifs is 1. The summed E-state index contributed by atoms with van der Waals surface area (Å²) in [6.45, 7) is 0. The molecule has 0 aliphatic rings. The molecule has 2 heterocycles. The number of nitrogens with zero attached hydrogens (tertiary/aromatic N) is 4. The summed E-state index contributed by atoms with van der Waals surface area (Å²) >= 11 is 13.7. The third kappa shape index (κ3) is 4.67. The average molecular weight is 499 g/mol. The summed E-state index contributed by atoms with van der Waals surface area (Å²) in [7, 11) is 3.57. The van der Waals surface area contributed by atoms with E-state index in [0.29, 0.717) is 48.7 Å². The smallest absolute Gasteiger partial charge is 0.347 e. The fourth-order valence-corrected chi connectivity index (χ4v) is 4.09. The van der Waals surface area contributed by atoms with Crippen LogP contribution in [0.4, 0.5) is 41.4 Å². The van der Waals surface area contributed by atoms with E-state index in [1.807, 2.05) is 0 Å². The van der Waals surface area contributed by atoms with Crippen LogP contribution in [-0.4, -0.2) is 29.0 Å². The molecule has 4 rings (SSSR count). The van der Waals surface area contributed by atoms with Crippen LogP contribution < -0.4 is 15.5 Å². The van der Waals surface area contributed by atoms with E-state index < -0.39 is 11.7 Å². The maximum atomic E-state index is 12.9. The first-order chi connectivity index (χ1) is 15.1. The lowest BCUT2D eigenvalue weighted by molar-refractivity contribution is -0.137. The van der Waals surface area contributed by atoms with Crippen LogP contribution in [0.25, 0.3) is 10.3 Å². The molecular weight excluding hydrogens is 484 g/mol. The van der Waals surface area contributed by atoms with Crippen molar-refractivity contribution in [1.29, 1.82) is 0 Å². The Balaban J connectivity index is 1.72. The second-order valence-corrected chi connectivity index (χ2v) is 8.65. The van der Waals surface area contributed by atoms with E-state index in [4.69, 9.17) is 23.2 Å². The molecule has 0 aliphatic heterocycles. The Morgan fingerprint density at radius 2 is 1.56 bits per heavy atom. The van der Waals surface area contributed by atoms with Gasteiger partial charge in [-0.2, -0.15) is 23.1 Å². The molecule has 0 aliphatic carbocycles. The number of rotatable bonds is 5. The molecule has 0 radical (unpaired) electrons. The molecule has 0 bridgehead atoms. The number of alkyl halides is 3. The molecule has 0 atom stereocenters. The second kappa shape index (κ2) is 8.61. The monoisotopic (exact) mass is 498 g/mol. The van der Waals surface area contributed by atoms with E-state index in [1.165, 1.54) is 23.5 Å². The summed E-state index contributed by atoms with van der Waals surface area (Å²) in [6.07, 6.45) is -4.41. The largest absolute Gasteiger partial charge is 0.416 e. The summed E-state index contributed by atoms with van der Waals surface area (Å²) in [4.78, 5) is 15.8. The van der Waals surface area contributed by atoms with Crippen molar-refractivity contribution in [2.75, 3.05) is 29.6 Å². The van der Waals surface area contributed by atoms with Crippen molar-refractivity contribution in [2.24, 2.45) is 0 Å². The van der Waals surface area contributed by atoms with Gasteiger partial charge in [-0.05, 0) is 36.4 Å². The molecule has 2 aromatic carbocycles. The third-order valence-corrected chi connectivity index (χ3v) is 5.81. The van der Waals surface area contributed by atoms with Gasteiger partial charge in [0.15, 0.2) is 15.8 Å². The van der Waals surface area contributed by atoms with E-state index in [1.54, 1.807) is 37.2 Å². The molecular formula is C20H15Cl2F3N6S. The highest BCUT2D eigenvalue weighted by Gasteiger charge is 2.30. The van der Waals surface area contributed by atoms with Crippen molar-refractivity contribution in [3.8, 4) is 0 Å². The molecule has 0 saturated heterocycles. The van der Waals surface area contributed by atoms with Crippen molar-refractivity contribution in [3.05, 3.63) is 58.1 Å². The summed E-state index contributed by atoms with van der Waals surface area (Å²) in [5, 5.41) is 7.49. The molecule has 166 valence electrons. The van der Waals surface area contributed by atoms with Crippen LogP contribution in [0.15, 0.2) is 42.5 Å². The minimum atomic E-state index is -4.41. The van der Waals surface area contributed by atoms with Gasteiger partial charge in [-0.3, -0.25) is 0 Å². The lowest BCUT2D eigenvalue weighted by Crippen LogP contribution is -2.13. The number of hydrogen-bond donors (Lipinski definition) is 2. The minimum Gasteiger partial charge on any atom is -0.347 e. The zero-order chi connectivity index (χ0) is 23.0. The highest BCUT2D eigenvalue weighted by atomic mass is 35.5. The maximum Gasteiger partial charge on any atom is 0.416 e. The van der Waals surface area contributed by atoms with Gasteiger partial charge < -0.3 is 15.5 Å². The number of anilines is 5. The van der Waals surface area contributed by atoms with Crippen molar-refractivity contribution in [3.63, 3.8) is 0 Å². The van der Waals surface area contributed by atoms with E-state index in [0.717, 1.165) is 12.1 Å². The fraction of sp³-hybridized carbons (Fsp3) is 0.150. The Hall–Kier alpha value is -2.82. The first kappa shape index (κ1) is 22.4. The predicted octanol–water partition coefficient (Wildman–Crippen LogP) is 6.97. The predicted molar refractivity (Wildman–Crippen MR) is 124 cm³/mol. The molecule has 0 unspecified atom stereocenters. The average Bonchev–Trinajstić information content (AvgIpc) is 3.13. The van der Waals surface area contributed by atoms with Crippen LogP contribution in [-0.2, 0) is 6.18 Å². The van der Waals surface area contributed by atoms with Crippen LogP contribution in [0, 0.1) is 0 Å². The quantitative estimate of drug-likeness (QED) is 0.309. The summed E-state index contributed by atoms with van der Waals surface area (Å²) in [6, 6.07) is 9.80. The summed E-state index contributed by atoms with van der Waals surface area (Å²) < 4.78 is 38.6. The number of aromatic nitrogens is 3. The Kier molecular flexibility index (Phi) is 6.02. The lowest BCUT2D eigenvalue weighted by atomic mass is 10.2. The topological polar surface area (TPSA) is 66.0 Å². The number of halogens is 5. The molecule has 2 aromatic heterocycles. The fourth-order valence-electron chi connectivity index (χ4n) is 2.75. The van der Waals surface area contributed by atoms with E-state index in [2.05, 4.69) is 25.6 Å². The number of nitrogens with one attached hydrogen (secondary N) is 2. The molecule has 4 aromatic rings. The maximum absolute atomic E-state index is 12.9. The zero-order valence-corrected chi connectivity index (χ0v) is 19.0. The van der Waals surface area contributed by atoms with Crippen molar-refractivity contribution < 1.29 is 13.2 Å². The number of hydrogen-bond acceptors (Lipinski definition) is 7. The highest BCUT2D eigenvalue weighted by Crippen LogP contribution is 2.37. The molecule has 32 heavy (non-hydrogen) atoms. The molecule has 0 spiro atoms. The van der Waals surface area contributed by atoms with Crippen LogP contribution in [0.3, 0.4) is 0 Å². The molecule has 12 heteroatoms. The van der Waals surface area contributed by atoms with Crippen molar-refractivity contribution >= 4 is 73.2 Å². The number of benzene rings is 2. The van der Waals surface area contributed by atoms with Crippen LogP contribution in [0.1, 0.15) is 5.56 Å². The Morgan fingerprint density at radius 3 is 2.16 bits per heavy atom. The van der Waals surface area contributed by atoms with Gasteiger partial charge >= 0.3 is 6.18 Å². The first-order valence-corrected chi connectivity index (χ1v) is 10.7. The normalized spacial score (nSPS) is 11.6. The first-order valence-electron chi connectivity index (χ1n) is 9.13. The zero-order valence-electron chi connectivity index (χ0n) is 16.6. The van der Waals surface area contributed by atoms with Gasteiger partial charge in [0.25, 0.3) is 0 Å². The second-order valence-electron chi connectivity index (χ2n) is 6.86. The van der Waals surface area contributed by atoms with Gasteiger partial charge in [-0.25, -0.2) is 4.98 Å². The third-order valence-electron chi connectivity index (χ3n) is 4.32. The van der Waals surface area contributed by atoms with Gasteiger partial charge in [0.2, 0.25) is 5.95 Å². The van der Waals surface area contributed by atoms with Crippen LogP contribution in [0.2, 0.25) is 10.0 Å². The van der Waals surface area contributed by atoms with Crippen molar-refractivity contribution in [2.45, 2.75) is 6.18 Å². The Bertz CT molecular complexity index is 1250. The van der Waals surface area contributed by atoms with E-state index in [9.17, 15) is 13.2 Å². The van der Waals surface area contributed by atoms with Gasteiger partial charge in [-0.15, -0.1) is 0 Å². The van der Waals surface area contributed by atoms with Crippen LogP contribution >= 0.6 is 34.5 Å². The Morgan fingerprint density at radius 1 is 0.906 bits per heavy atom. The van der Waals surface area contributed by atoms with Gasteiger partial charge in [0, 0.05) is 19.8 Å². The van der Waals surface area contributed by atoms with Gasteiger partial charge in [0.1, 0.15) is 5.52 Å². The van der Waals surface area contributed by atoms with Gasteiger partial charge in [0.05, 0.1) is 21.3 Å². The van der Waals surface area contributed by atoms with E-state index >= 15 is 0 Å². The SMILES string of the molecule is CN(C)c1nc(Nc2ccc(C(F)(F)F)cc2)c2nc(Nc3c(Cl)cccc3Cl)sc2n1. The molecule has 2 N–H and O–H groups in total. The standard InChI is InChI=1S/C20H15Cl2F3N6S/c1-31(2)18-29-16(26-11-8-6-10(7-9-11)20(23,24)25)15-17(30-18)32-19(28-15)27-14-12(21)4-3-5-13(14)22/h3-9H,1-2H3,(H,27,28)(H,26,29,30). The van der Waals surface area contributed by atoms with E-state index in [-0.39, 0.29) is 0 Å². The van der Waals surface area contributed by atoms with Gasteiger partial charge in [-0.1, -0.05) is 40.6 Å². The Labute approximate surface area is 195 Å². The molecule has 0 saturated carbocycles. The number of para-hydroxylation sites is 1. The summed E-state index contributed by atoms with van der Waals surface area (Å²) in [5.74, 6) is 0.769. The highest BCUT2D eigenvalue weighted by molar-refractivity contribution is 7.22. The molecule has 0 amide bonds. The molecule has 6 nitrogen and oxygen atoms in total. The van der Waals surface area contributed by atoms with Crippen LogP contribution in [0.5, 0.6) is 0 Å². The minimum absolute atomic E-state index is 0.355. The van der Waals surface area contributed by atoms with Crippen molar-refractivity contribution in [1.82, 2.24) is 15.0 Å². The summed E-state index contributed by atoms with van der Waals surface area (Å²) in [5.41, 5.74) is 0.653. The lowest BCUT2D eigenvalue weighted by Gasteiger charge is -2.13.